The Morgan fingerprint density at radius 2 is 2.41 bits per heavy atom. The van der Waals surface area contributed by atoms with Crippen molar-refractivity contribution in [2.75, 3.05) is 19.0 Å². The molecule has 0 aromatic carbocycles. The number of H-pyrrole nitrogens is 1. The summed E-state index contributed by atoms with van der Waals surface area (Å²) in [7, 11) is 1.44. The number of nitrogens with one attached hydrogen (secondary N) is 2. The lowest BCUT2D eigenvalue weighted by Gasteiger charge is -2.07. The second kappa shape index (κ2) is 5.44. The summed E-state index contributed by atoms with van der Waals surface area (Å²) in [5, 5.41) is 5.04. The topological polar surface area (TPSA) is 79.9 Å². The minimum Gasteiger partial charge on any atom is -0.489 e. The summed E-state index contributed by atoms with van der Waals surface area (Å²) < 4.78 is 4.98. The maximum Gasteiger partial charge on any atom is 0.295 e. The van der Waals surface area contributed by atoms with Crippen molar-refractivity contribution in [1.82, 2.24) is 15.0 Å². The first-order chi connectivity index (χ1) is 8.31. The highest BCUT2D eigenvalue weighted by Gasteiger charge is 2.07. The molecular weight excluding hydrogens is 240 g/mol. The van der Waals surface area contributed by atoms with E-state index in [4.69, 9.17) is 4.74 Å². The maximum absolute atomic E-state index is 11.4. The lowest BCUT2D eigenvalue weighted by molar-refractivity contribution is 0.408. The molecule has 17 heavy (non-hydrogen) atoms. The van der Waals surface area contributed by atoms with E-state index < -0.39 is 0 Å². The first-order valence-electron chi connectivity index (χ1n) is 5.04. The van der Waals surface area contributed by atoms with Gasteiger partial charge in [0.25, 0.3) is 5.56 Å². The molecule has 0 atom stereocenters. The molecule has 0 saturated heterocycles. The third-order valence-corrected chi connectivity index (χ3v) is 2.81. The van der Waals surface area contributed by atoms with Crippen molar-refractivity contribution >= 4 is 17.2 Å². The Balaban J connectivity index is 1.99. The van der Waals surface area contributed by atoms with Crippen LogP contribution in [0.5, 0.6) is 5.75 Å². The van der Waals surface area contributed by atoms with Crippen molar-refractivity contribution < 1.29 is 4.74 Å². The Labute approximate surface area is 102 Å². The minimum atomic E-state index is -0.293. The molecule has 0 aliphatic heterocycles. The summed E-state index contributed by atoms with van der Waals surface area (Å²) in [6, 6.07) is 0. The lowest BCUT2D eigenvalue weighted by atomic mass is 10.3. The Morgan fingerprint density at radius 3 is 3.12 bits per heavy atom. The van der Waals surface area contributed by atoms with E-state index in [0.717, 1.165) is 12.1 Å². The number of thiazole rings is 1. The van der Waals surface area contributed by atoms with E-state index in [9.17, 15) is 4.79 Å². The third-order valence-electron chi connectivity index (χ3n) is 2.17. The largest absolute Gasteiger partial charge is 0.489 e. The number of methoxy groups -OCH3 is 1. The van der Waals surface area contributed by atoms with E-state index in [-0.39, 0.29) is 11.3 Å². The van der Waals surface area contributed by atoms with Gasteiger partial charge in [0.2, 0.25) is 5.75 Å². The summed E-state index contributed by atoms with van der Waals surface area (Å²) in [6.07, 6.45) is 2.12. The van der Waals surface area contributed by atoms with Crippen molar-refractivity contribution in [2.24, 2.45) is 0 Å². The molecule has 0 unspecified atom stereocenters. The highest BCUT2D eigenvalue weighted by molar-refractivity contribution is 7.07. The van der Waals surface area contributed by atoms with Gasteiger partial charge >= 0.3 is 0 Å². The van der Waals surface area contributed by atoms with Crippen LogP contribution in [0, 0.1) is 0 Å². The SMILES string of the molecule is COc1c(NCCc2cscn2)nc[nH]c1=O. The van der Waals surface area contributed by atoms with Gasteiger partial charge in [-0.15, -0.1) is 11.3 Å². The summed E-state index contributed by atoms with van der Waals surface area (Å²) in [5.74, 6) is 0.650. The predicted molar refractivity (Wildman–Crippen MR) is 65.7 cm³/mol. The number of ether oxygens (including phenoxy) is 1. The van der Waals surface area contributed by atoms with Gasteiger partial charge in [-0.2, -0.15) is 0 Å². The van der Waals surface area contributed by atoms with Gasteiger partial charge in [0.05, 0.1) is 24.6 Å². The second-order valence-electron chi connectivity index (χ2n) is 3.27. The normalized spacial score (nSPS) is 10.2. The highest BCUT2D eigenvalue weighted by atomic mass is 32.1. The van der Waals surface area contributed by atoms with Crippen molar-refractivity contribution in [3.05, 3.63) is 33.3 Å². The fraction of sp³-hybridized carbons (Fsp3) is 0.300. The van der Waals surface area contributed by atoms with E-state index in [0.29, 0.717) is 12.4 Å². The molecule has 0 fully saturated rings. The molecule has 0 radical (unpaired) electrons. The molecule has 2 rings (SSSR count). The van der Waals surface area contributed by atoms with Gasteiger partial charge in [-0.25, -0.2) is 9.97 Å². The predicted octanol–water partition coefficient (Wildman–Crippen LogP) is 0.890. The summed E-state index contributed by atoms with van der Waals surface area (Å²) in [4.78, 5) is 22.0. The van der Waals surface area contributed by atoms with Crippen molar-refractivity contribution in [2.45, 2.75) is 6.42 Å². The number of hydrogen-bond acceptors (Lipinski definition) is 6. The van der Waals surface area contributed by atoms with E-state index in [1.807, 2.05) is 5.38 Å². The fourth-order valence-electron chi connectivity index (χ4n) is 1.37. The average Bonchev–Trinajstić information content (AvgIpc) is 2.82. The van der Waals surface area contributed by atoms with Gasteiger partial charge in [-0.05, 0) is 0 Å². The number of aromatic nitrogens is 3. The van der Waals surface area contributed by atoms with Crippen LogP contribution in [0.4, 0.5) is 5.82 Å². The molecule has 0 aliphatic carbocycles. The quantitative estimate of drug-likeness (QED) is 0.826. The molecule has 0 aliphatic rings. The van der Waals surface area contributed by atoms with Crippen molar-refractivity contribution in [3.63, 3.8) is 0 Å². The van der Waals surface area contributed by atoms with Crippen LogP contribution in [-0.4, -0.2) is 28.6 Å². The highest BCUT2D eigenvalue weighted by Crippen LogP contribution is 2.14. The number of anilines is 1. The van der Waals surface area contributed by atoms with E-state index >= 15 is 0 Å². The van der Waals surface area contributed by atoms with E-state index in [1.165, 1.54) is 13.4 Å². The molecular formula is C10H12N4O2S. The maximum atomic E-state index is 11.4. The summed E-state index contributed by atoms with van der Waals surface area (Å²) >= 11 is 1.56. The molecule has 0 bridgehead atoms. The van der Waals surface area contributed by atoms with E-state index in [1.54, 1.807) is 16.8 Å². The first-order valence-corrected chi connectivity index (χ1v) is 5.98. The smallest absolute Gasteiger partial charge is 0.295 e. The third kappa shape index (κ3) is 2.82. The molecule has 0 saturated carbocycles. The Kier molecular flexibility index (Phi) is 3.71. The van der Waals surface area contributed by atoms with Crippen LogP contribution in [-0.2, 0) is 6.42 Å². The molecule has 0 spiro atoms. The van der Waals surface area contributed by atoms with Crippen molar-refractivity contribution in [1.29, 1.82) is 0 Å². The van der Waals surface area contributed by atoms with Gasteiger partial charge < -0.3 is 15.0 Å². The molecule has 7 heteroatoms. The number of hydrogen-bond donors (Lipinski definition) is 2. The fourth-order valence-corrected chi connectivity index (χ4v) is 1.97. The monoisotopic (exact) mass is 252 g/mol. The van der Waals surface area contributed by atoms with Crippen LogP contribution in [0.25, 0.3) is 0 Å². The van der Waals surface area contributed by atoms with Crippen LogP contribution in [0.1, 0.15) is 5.69 Å². The van der Waals surface area contributed by atoms with Gasteiger partial charge in [0.1, 0.15) is 0 Å². The lowest BCUT2D eigenvalue weighted by Crippen LogP contribution is -2.15. The molecule has 2 N–H and O–H groups in total. The van der Waals surface area contributed by atoms with Crippen LogP contribution in [0.15, 0.2) is 22.0 Å². The molecule has 2 heterocycles. The van der Waals surface area contributed by atoms with Gasteiger partial charge in [-0.3, -0.25) is 4.79 Å². The van der Waals surface area contributed by atoms with E-state index in [2.05, 4.69) is 20.3 Å². The standard InChI is InChI=1S/C10H12N4O2S/c1-16-8-9(12-5-13-10(8)15)11-3-2-7-4-17-6-14-7/h4-6H,2-3H2,1H3,(H2,11,12,13,15). The second-order valence-corrected chi connectivity index (χ2v) is 3.99. The zero-order chi connectivity index (χ0) is 12.1. The summed E-state index contributed by atoms with van der Waals surface area (Å²) in [6.45, 7) is 0.649. The summed E-state index contributed by atoms with van der Waals surface area (Å²) in [5.41, 5.74) is 2.52. The number of nitrogens with zero attached hydrogens (tertiary/aromatic N) is 2. The Hall–Kier alpha value is -1.89. The zero-order valence-corrected chi connectivity index (χ0v) is 10.1. The van der Waals surface area contributed by atoms with Gasteiger partial charge in [-0.1, -0.05) is 0 Å². The molecule has 90 valence electrons. The molecule has 2 aromatic heterocycles. The zero-order valence-electron chi connectivity index (χ0n) is 9.27. The first kappa shape index (κ1) is 11.6. The molecule has 6 nitrogen and oxygen atoms in total. The number of aromatic amines is 1. The Bertz CT molecular complexity index is 523. The van der Waals surface area contributed by atoms with Crippen LogP contribution in [0.2, 0.25) is 0 Å². The number of rotatable bonds is 5. The van der Waals surface area contributed by atoms with Crippen LogP contribution in [0.3, 0.4) is 0 Å². The molecule has 0 amide bonds. The Morgan fingerprint density at radius 1 is 1.53 bits per heavy atom. The van der Waals surface area contributed by atoms with Crippen LogP contribution < -0.4 is 15.6 Å². The molecule has 2 aromatic rings. The van der Waals surface area contributed by atoms with Crippen LogP contribution >= 0.6 is 11.3 Å². The van der Waals surface area contributed by atoms with Crippen molar-refractivity contribution in [3.8, 4) is 5.75 Å². The van der Waals surface area contributed by atoms with Gasteiger partial charge in [0, 0.05) is 18.3 Å². The van der Waals surface area contributed by atoms with Gasteiger partial charge in [0.15, 0.2) is 5.82 Å². The average molecular weight is 252 g/mol. The minimum absolute atomic E-state index is 0.200.